The van der Waals surface area contributed by atoms with Gasteiger partial charge in [0.25, 0.3) is 5.76 Å². The molecular weight excluding hydrogens is 441 g/mol. The maximum Gasteiger partial charge on any atom is 0.453 e. The van der Waals surface area contributed by atoms with Crippen molar-refractivity contribution in [2.24, 2.45) is 0 Å². The summed E-state index contributed by atoms with van der Waals surface area (Å²) in [5.74, 6) is -3.43. The number of benzene rings is 2. The van der Waals surface area contributed by atoms with Gasteiger partial charge in [0.1, 0.15) is 17.1 Å². The number of alkyl halides is 3. The quantitative estimate of drug-likeness (QED) is 0.450. The first kappa shape index (κ1) is 22.5. The molecule has 0 fully saturated rings. The van der Waals surface area contributed by atoms with Crippen LogP contribution in [-0.2, 0) is 15.7 Å². The van der Waals surface area contributed by atoms with E-state index in [-0.39, 0.29) is 28.5 Å². The molecule has 0 radical (unpaired) electrons. The van der Waals surface area contributed by atoms with Crippen LogP contribution in [0.4, 0.5) is 13.2 Å². The Morgan fingerprint density at radius 3 is 2.55 bits per heavy atom. The molecule has 3 rings (SSSR count). The van der Waals surface area contributed by atoms with E-state index >= 15 is 0 Å². The van der Waals surface area contributed by atoms with Gasteiger partial charge in [-0.15, -0.1) is 0 Å². The summed E-state index contributed by atoms with van der Waals surface area (Å²) in [6.07, 6.45) is -6.05. The highest BCUT2D eigenvalue weighted by Gasteiger charge is 2.40. The molecule has 0 aliphatic carbocycles. The Morgan fingerprint density at radius 1 is 1.19 bits per heavy atom. The predicted molar refractivity (Wildman–Crippen MR) is 106 cm³/mol. The average molecular weight is 457 g/mol. The highest BCUT2D eigenvalue weighted by Crippen LogP contribution is 2.39. The highest BCUT2D eigenvalue weighted by atomic mass is 35.5. The van der Waals surface area contributed by atoms with Gasteiger partial charge in [0.15, 0.2) is 6.10 Å². The third-order valence-electron chi connectivity index (χ3n) is 4.06. The van der Waals surface area contributed by atoms with Crippen molar-refractivity contribution in [1.29, 1.82) is 0 Å². The summed E-state index contributed by atoms with van der Waals surface area (Å²) >= 11 is 5.94. The Hall–Kier alpha value is -3.20. The second kappa shape index (κ2) is 8.89. The number of carbonyl (C=O) groups excluding carboxylic acids is 1. The number of esters is 1. The molecule has 0 spiro atoms. The van der Waals surface area contributed by atoms with E-state index in [9.17, 15) is 22.8 Å². The van der Waals surface area contributed by atoms with Crippen molar-refractivity contribution < 1.29 is 36.6 Å². The van der Waals surface area contributed by atoms with Crippen LogP contribution in [0.2, 0.25) is 5.02 Å². The molecule has 0 bridgehead atoms. The summed E-state index contributed by atoms with van der Waals surface area (Å²) in [5.41, 5.74) is -1.43. The van der Waals surface area contributed by atoms with E-state index in [2.05, 4.69) is 0 Å². The van der Waals surface area contributed by atoms with Crippen LogP contribution >= 0.6 is 11.6 Å². The first-order valence-electron chi connectivity index (χ1n) is 9.05. The second-order valence-corrected chi connectivity index (χ2v) is 6.70. The Bertz CT molecular complexity index is 1170. The summed E-state index contributed by atoms with van der Waals surface area (Å²) in [6.45, 7) is 3.18. The molecule has 1 aromatic heterocycles. The number of hydrogen-bond acceptors (Lipinski definition) is 6. The van der Waals surface area contributed by atoms with E-state index in [0.29, 0.717) is 0 Å². The smallest absolute Gasteiger partial charge is 0.453 e. The molecule has 0 amide bonds. The first-order valence-corrected chi connectivity index (χ1v) is 9.43. The summed E-state index contributed by atoms with van der Waals surface area (Å²) < 4.78 is 61.3. The third-order valence-corrected chi connectivity index (χ3v) is 4.37. The van der Waals surface area contributed by atoms with Crippen molar-refractivity contribution in [3.63, 3.8) is 0 Å². The third kappa shape index (κ3) is 4.93. The molecule has 0 aliphatic heterocycles. The number of rotatable bonds is 6. The molecule has 3 aromatic rings. The zero-order valence-electron chi connectivity index (χ0n) is 16.3. The molecule has 0 saturated heterocycles. The summed E-state index contributed by atoms with van der Waals surface area (Å²) in [4.78, 5) is 24.5. The standard InChI is InChI=1S/C21H16ClF3O6/c1-3-28-20(27)11(2)29-12-8-9-13-16(10-12)31-19(21(23,24)25)18(17(13)26)30-15-7-5-4-6-14(15)22/h4-11H,3H2,1-2H3/t11-/m0/s1. The fraction of sp³-hybridized carbons (Fsp3) is 0.238. The van der Waals surface area contributed by atoms with E-state index in [1.807, 2.05) is 0 Å². The molecule has 6 nitrogen and oxygen atoms in total. The van der Waals surface area contributed by atoms with Crippen molar-refractivity contribution >= 4 is 28.5 Å². The summed E-state index contributed by atoms with van der Waals surface area (Å²) in [5, 5.41) is -0.155. The lowest BCUT2D eigenvalue weighted by Crippen LogP contribution is -2.26. The Balaban J connectivity index is 2.08. The zero-order chi connectivity index (χ0) is 22.8. The molecule has 0 aliphatic rings. The Kier molecular flexibility index (Phi) is 6.45. The number of fused-ring (bicyclic) bond motifs is 1. The molecule has 0 N–H and O–H groups in total. The lowest BCUT2D eigenvalue weighted by molar-refractivity contribution is -0.154. The number of carbonyl (C=O) groups is 1. The predicted octanol–water partition coefficient (Wildman–Crippen LogP) is 5.59. The van der Waals surface area contributed by atoms with Crippen LogP contribution in [0.15, 0.2) is 51.7 Å². The van der Waals surface area contributed by atoms with Crippen LogP contribution in [0.1, 0.15) is 19.6 Å². The van der Waals surface area contributed by atoms with Gasteiger partial charge in [-0.2, -0.15) is 13.2 Å². The van der Waals surface area contributed by atoms with E-state index in [1.165, 1.54) is 37.3 Å². The molecule has 1 atom stereocenters. The van der Waals surface area contributed by atoms with E-state index in [1.54, 1.807) is 13.0 Å². The number of para-hydroxylation sites is 1. The molecule has 10 heteroatoms. The zero-order valence-corrected chi connectivity index (χ0v) is 17.0. The van der Waals surface area contributed by atoms with Crippen LogP contribution < -0.4 is 14.9 Å². The fourth-order valence-electron chi connectivity index (χ4n) is 2.66. The summed E-state index contributed by atoms with van der Waals surface area (Å²) in [7, 11) is 0. The minimum atomic E-state index is -5.03. The van der Waals surface area contributed by atoms with Crippen molar-refractivity contribution in [3.8, 4) is 17.2 Å². The minimum absolute atomic E-state index is 0.0177. The maximum absolute atomic E-state index is 13.6. The topological polar surface area (TPSA) is 75.0 Å². The average Bonchev–Trinajstić information content (AvgIpc) is 2.70. The van der Waals surface area contributed by atoms with Crippen molar-refractivity contribution in [2.45, 2.75) is 26.1 Å². The molecular formula is C21H16ClF3O6. The van der Waals surface area contributed by atoms with Crippen LogP contribution in [0, 0.1) is 0 Å². The van der Waals surface area contributed by atoms with E-state index in [4.69, 9.17) is 30.2 Å². The van der Waals surface area contributed by atoms with Crippen LogP contribution in [0.3, 0.4) is 0 Å². The molecule has 0 saturated carbocycles. The van der Waals surface area contributed by atoms with E-state index in [0.717, 1.165) is 6.07 Å². The van der Waals surface area contributed by atoms with Crippen molar-refractivity contribution in [2.75, 3.05) is 6.61 Å². The molecule has 2 aromatic carbocycles. The highest BCUT2D eigenvalue weighted by molar-refractivity contribution is 6.32. The van der Waals surface area contributed by atoms with Crippen LogP contribution in [0.5, 0.6) is 17.2 Å². The van der Waals surface area contributed by atoms with Gasteiger partial charge in [0, 0.05) is 6.07 Å². The monoisotopic (exact) mass is 456 g/mol. The Morgan fingerprint density at radius 2 is 1.90 bits per heavy atom. The fourth-order valence-corrected chi connectivity index (χ4v) is 2.83. The Labute approximate surface area is 179 Å². The maximum atomic E-state index is 13.6. The van der Waals surface area contributed by atoms with Gasteiger partial charge in [-0.3, -0.25) is 4.79 Å². The number of ether oxygens (including phenoxy) is 3. The van der Waals surface area contributed by atoms with Crippen molar-refractivity contribution in [3.05, 3.63) is 63.5 Å². The number of halogens is 4. The van der Waals surface area contributed by atoms with Crippen molar-refractivity contribution in [1.82, 2.24) is 0 Å². The summed E-state index contributed by atoms with van der Waals surface area (Å²) in [6, 6.07) is 9.39. The normalized spacial score (nSPS) is 12.5. The lowest BCUT2D eigenvalue weighted by atomic mass is 10.2. The first-order chi connectivity index (χ1) is 14.6. The van der Waals surface area contributed by atoms with Gasteiger partial charge < -0.3 is 18.6 Å². The van der Waals surface area contributed by atoms with E-state index < -0.39 is 40.8 Å². The molecule has 31 heavy (non-hydrogen) atoms. The van der Waals surface area contributed by atoms with Gasteiger partial charge >= 0.3 is 12.1 Å². The van der Waals surface area contributed by atoms with Gasteiger partial charge in [-0.1, -0.05) is 23.7 Å². The lowest BCUT2D eigenvalue weighted by Gasteiger charge is -2.15. The number of hydrogen-bond donors (Lipinski definition) is 0. The largest absolute Gasteiger partial charge is 0.479 e. The van der Waals surface area contributed by atoms with Crippen LogP contribution in [-0.4, -0.2) is 18.7 Å². The second-order valence-electron chi connectivity index (χ2n) is 6.29. The molecule has 1 heterocycles. The molecule has 0 unspecified atom stereocenters. The van der Waals surface area contributed by atoms with Gasteiger partial charge in [-0.05, 0) is 38.1 Å². The van der Waals surface area contributed by atoms with Gasteiger partial charge in [0.05, 0.1) is 17.0 Å². The SMILES string of the molecule is CCOC(=O)[C@H](C)Oc1ccc2c(=O)c(Oc3ccccc3Cl)c(C(F)(F)F)oc2c1. The van der Waals surface area contributed by atoms with Gasteiger partial charge in [0.2, 0.25) is 11.2 Å². The minimum Gasteiger partial charge on any atom is -0.479 e. The van der Waals surface area contributed by atoms with Gasteiger partial charge in [-0.25, -0.2) is 4.79 Å². The van der Waals surface area contributed by atoms with Crippen LogP contribution in [0.25, 0.3) is 11.0 Å². The molecule has 164 valence electrons.